The van der Waals surface area contributed by atoms with Gasteiger partial charge in [0.1, 0.15) is 5.52 Å². The number of nitrogens with two attached hydrogens (primary N) is 1. The van der Waals surface area contributed by atoms with Crippen LogP contribution >= 0.6 is 0 Å². The zero-order valence-corrected chi connectivity index (χ0v) is 9.05. The molecular formula is C12H13N3O. The number of hydrogen-bond acceptors (Lipinski definition) is 4. The fourth-order valence-corrected chi connectivity index (χ4v) is 1.74. The van der Waals surface area contributed by atoms with Gasteiger partial charge in [0.25, 0.3) is 0 Å². The minimum absolute atomic E-state index is 0.166. The van der Waals surface area contributed by atoms with E-state index in [1.807, 2.05) is 25.1 Å². The van der Waals surface area contributed by atoms with E-state index in [0.29, 0.717) is 5.58 Å². The van der Waals surface area contributed by atoms with E-state index in [-0.39, 0.29) is 12.0 Å². The highest BCUT2D eigenvalue weighted by Crippen LogP contribution is 2.24. The minimum Gasteiger partial charge on any atom is -0.443 e. The SMILES string of the molecule is CCC(C#N)C(N)c1ccc2ncoc2c1. The van der Waals surface area contributed by atoms with Gasteiger partial charge in [0.2, 0.25) is 0 Å². The molecule has 82 valence electrons. The molecule has 2 unspecified atom stereocenters. The van der Waals surface area contributed by atoms with Crippen LogP contribution in [0.3, 0.4) is 0 Å². The lowest BCUT2D eigenvalue weighted by atomic mass is 9.93. The van der Waals surface area contributed by atoms with E-state index in [0.717, 1.165) is 17.5 Å². The second-order valence-electron chi connectivity index (χ2n) is 3.75. The van der Waals surface area contributed by atoms with Crippen LogP contribution in [0, 0.1) is 17.2 Å². The fourth-order valence-electron chi connectivity index (χ4n) is 1.74. The highest BCUT2D eigenvalue weighted by Gasteiger charge is 2.17. The van der Waals surface area contributed by atoms with E-state index >= 15 is 0 Å². The Labute approximate surface area is 93.7 Å². The molecule has 0 saturated carbocycles. The van der Waals surface area contributed by atoms with Gasteiger partial charge in [-0.3, -0.25) is 0 Å². The summed E-state index contributed by atoms with van der Waals surface area (Å²) in [6.45, 7) is 1.96. The first-order valence-corrected chi connectivity index (χ1v) is 5.24. The van der Waals surface area contributed by atoms with Crippen molar-refractivity contribution in [2.24, 2.45) is 11.7 Å². The van der Waals surface area contributed by atoms with Crippen LogP contribution in [-0.2, 0) is 0 Å². The summed E-state index contributed by atoms with van der Waals surface area (Å²) in [6, 6.07) is 7.56. The fraction of sp³-hybridized carbons (Fsp3) is 0.333. The van der Waals surface area contributed by atoms with E-state index in [9.17, 15) is 0 Å². The molecule has 2 aromatic rings. The lowest BCUT2D eigenvalue weighted by Gasteiger charge is -2.15. The lowest BCUT2D eigenvalue weighted by Crippen LogP contribution is -2.19. The molecule has 0 aliphatic carbocycles. The van der Waals surface area contributed by atoms with Crippen LogP contribution in [0.2, 0.25) is 0 Å². The molecule has 4 nitrogen and oxygen atoms in total. The van der Waals surface area contributed by atoms with Crippen molar-refractivity contribution in [1.82, 2.24) is 4.98 Å². The van der Waals surface area contributed by atoms with Crippen molar-refractivity contribution in [3.63, 3.8) is 0 Å². The Morgan fingerprint density at radius 3 is 3.06 bits per heavy atom. The molecule has 2 N–H and O–H groups in total. The summed E-state index contributed by atoms with van der Waals surface area (Å²) in [7, 11) is 0. The first-order valence-electron chi connectivity index (χ1n) is 5.24. The average molecular weight is 215 g/mol. The van der Waals surface area contributed by atoms with Crippen LogP contribution in [0.25, 0.3) is 11.1 Å². The molecule has 0 saturated heterocycles. The van der Waals surface area contributed by atoms with Gasteiger partial charge >= 0.3 is 0 Å². The maximum absolute atomic E-state index is 8.97. The number of benzene rings is 1. The molecule has 0 aliphatic rings. The quantitative estimate of drug-likeness (QED) is 0.852. The number of aromatic nitrogens is 1. The Morgan fingerprint density at radius 2 is 2.38 bits per heavy atom. The molecular weight excluding hydrogens is 202 g/mol. The van der Waals surface area contributed by atoms with Crippen molar-refractivity contribution in [3.8, 4) is 6.07 Å². The largest absolute Gasteiger partial charge is 0.443 e. The summed E-state index contributed by atoms with van der Waals surface area (Å²) in [5.41, 5.74) is 8.47. The first kappa shape index (κ1) is 10.7. The summed E-state index contributed by atoms with van der Waals surface area (Å²) in [5, 5.41) is 8.97. The Hall–Kier alpha value is -1.86. The minimum atomic E-state index is -0.274. The second-order valence-corrected chi connectivity index (χ2v) is 3.75. The molecule has 0 aliphatic heterocycles. The van der Waals surface area contributed by atoms with Crippen molar-refractivity contribution in [2.75, 3.05) is 0 Å². The van der Waals surface area contributed by atoms with Crippen LogP contribution in [0.1, 0.15) is 24.9 Å². The molecule has 1 heterocycles. The molecule has 0 fully saturated rings. The Balaban J connectivity index is 2.36. The van der Waals surface area contributed by atoms with Gasteiger partial charge in [-0.1, -0.05) is 13.0 Å². The van der Waals surface area contributed by atoms with Crippen LogP contribution < -0.4 is 5.73 Å². The van der Waals surface area contributed by atoms with E-state index in [4.69, 9.17) is 15.4 Å². The van der Waals surface area contributed by atoms with E-state index in [1.165, 1.54) is 6.39 Å². The molecule has 16 heavy (non-hydrogen) atoms. The molecule has 1 aromatic heterocycles. The third-order valence-electron chi connectivity index (χ3n) is 2.78. The monoisotopic (exact) mass is 215 g/mol. The highest BCUT2D eigenvalue weighted by molar-refractivity contribution is 5.72. The molecule has 4 heteroatoms. The van der Waals surface area contributed by atoms with E-state index in [1.54, 1.807) is 0 Å². The summed E-state index contributed by atoms with van der Waals surface area (Å²) in [6.07, 6.45) is 2.15. The predicted octanol–water partition coefficient (Wildman–Crippen LogP) is 2.38. The highest BCUT2D eigenvalue weighted by atomic mass is 16.3. The van der Waals surface area contributed by atoms with Crippen molar-refractivity contribution in [2.45, 2.75) is 19.4 Å². The summed E-state index contributed by atoms with van der Waals surface area (Å²) >= 11 is 0. The van der Waals surface area contributed by atoms with Gasteiger partial charge in [0, 0.05) is 6.04 Å². The number of nitriles is 1. The molecule has 1 aromatic carbocycles. The standard InChI is InChI=1S/C12H13N3O/c1-2-8(6-13)12(14)9-3-4-10-11(5-9)16-7-15-10/h3-5,7-8,12H,2,14H2,1H3. The topological polar surface area (TPSA) is 75.8 Å². The van der Waals surface area contributed by atoms with Crippen molar-refractivity contribution < 1.29 is 4.42 Å². The van der Waals surface area contributed by atoms with Gasteiger partial charge < -0.3 is 10.2 Å². The van der Waals surface area contributed by atoms with Crippen molar-refractivity contribution in [1.29, 1.82) is 5.26 Å². The van der Waals surface area contributed by atoms with Crippen LogP contribution in [0.5, 0.6) is 0 Å². The Morgan fingerprint density at radius 1 is 1.56 bits per heavy atom. The Bertz CT molecular complexity index is 526. The molecule has 0 amide bonds. The predicted molar refractivity (Wildman–Crippen MR) is 60.3 cm³/mol. The average Bonchev–Trinajstić information content (AvgIpc) is 2.77. The molecule has 0 bridgehead atoms. The summed E-state index contributed by atoms with van der Waals surface area (Å²) in [5.74, 6) is -0.166. The van der Waals surface area contributed by atoms with Gasteiger partial charge in [0.15, 0.2) is 12.0 Å². The smallest absolute Gasteiger partial charge is 0.181 e. The van der Waals surface area contributed by atoms with Gasteiger partial charge in [-0.2, -0.15) is 5.26 Å². The van der Waals surface area contributed by atoms with E-state index < -0.39 is 0 Å². The maximum atomic E-state index is 8.97. The van der Waals surface area contributed by atoms with E-state index in [2.05, 4.69) is 11.1 Å². The number of hydrogen-bond donors (Lipinski definition) is 1. The van der Waals surface area contributed by atoms with Crippen molar-refractivity contribution >= 4 is 11.1 Å². The normalized spacial score (nSPS) is 14.6. The van der Waals surface area contributed by atoms with Crippen molar-refractivity contribution in [3.05, 3.63) is 30.2 Å². The molecule has 0 spiro atoms. The molecule has 0 radical (unpaired) electrons. The van der Waals surface area contributed by atoms with Crippen LogP contribution in [0.4, 0.5) is 0 Å². The molecule has 2 rings (SSSR count). The second kappa shape index (κ2) is 4.33. The summed E-state index contributed by atoms with van der Waals surface area (Å²) in [4.78, 5) is 4.03. The van der Waals surface area contributed by atoms with Gasteiger partial charge in [-0.15, -0.1) is 0 Å². The van der Waals surface area contributed by atoms with Gasteiger partial charge in [-0.25, -0.2) is 4.98 Å². The first-order chi connectivity index (χ1) is 7.76. The number of nitrogens with zero attached hydrogens (tertiary/aromatic N) is 2. The van der Waals surface area contributed by atoms with Gasteiger partial charge in [-0.05, 0) is 24.1 Å². The Kier molecular flexibility index (Phi) is 2.88. The van der Waals surface area contributed by atoms with Gasteiger partial charge in [0.05, 0.1) is 12.0 Å². The lowest BCUT2D eigenvalue weighted by molar-refractivity contribution is 0.517. The third-order valence-corrected chi connectivity index (χ3v) is 2.78. The number of rotatable bonds is 3. The summed E-state index contributed by atoms with van der Waals surface area (Å²) < 4.78 is 5.21. The number of fused-ring (bicyclic) bond motifs is 1. The zero-order valence-electron chi connectivity index (χ0n) is 9.05. The van der Waals surface area contributed by atoms with Crippen LogP contribution in [0.15, 0.2) is 29.0 Å². The maximum Gasteiger partial charge on any atom is 0.181 e. The third kappa shape index (κ3) is 1.77. The van der Waals surface area contributed by atoms with Crippen LogP contribution in [-0.4, -0.2) is 4.98 Å². The number of oxazole rings is 1. The zero-order chi connectivity index (χ0) is 11.5. The molecule has 2 atom stereocenters.